The Bertz CT molecular complexity index is 271. The van der Waals surface area contributed by atoms with Crippen molar-refractivity contribution in [3.05, 3.63) is 29.8 Å². The number of ether oxygens (including phenoxy) is 1. The van der Waals surface area contributed by atoms with Crippen LogP contribution in [-0.2, 0) is 4.74 Å². The molecule has 2 nitrogen and oxygen atoms in total. The molecule has 0 aromatic heterocycles. The van der Waals surface area contributed by atoms with Crippen molar-refractivity contribution in [1.82, 2.24) is 0 Å². The van der Waals surface area contributed by atoms with Crippen molar-refractivity contribution in [1.29, 1.82) is 0 Å². The molecule has 1 rings (SSSR count). The van der Waals surface area contributed by atoms with E-state index in [2.05, 4.69) is 21.6 Å². The Morgan fingerprint density at radius 1 is 1.55 bits per heavy atom. The van der Waals surface area contributed by atoms with Crippen molar-refractivity contribution in [2.75, 3.05) is 7.11 Å². The van der Waals surface area contributed by atoms with Crippen LogP contribution in [0.1, 0.15) is 10.4 Å². The number of carbonyl (C=O) groups is 1. The molecule has 3 heteroatoms. The van der Waals surface area contributed by atoms with Crippen LogP contribution in [0.15, 0.2) is 24.3 Å². The Labute approximate surface area is 74.1 Å². The molecule has 0 saturated carbocycles. The van der Waals surface area contributed by atoms with E-state index in [1.165, 1.54) is 7.11 Å². The number of carbonyl (C=O) groups excluding carboxylic acids is 1. The molecule has 0 aliphatic rings. The van der Waals surface area contributed by atoms with Gasteiger partial charge in [-0.3, -0.25) is 0 Å². The molecule has 0 bridgehead atoms. The molecular weight excluding hydrogens is 203 g/mol. The molecule has 0 amide bonds. The molecule has 0 saturated heterocycles. The van der Waals surface area contributed by atoms with E-state index in [4.69, 9.17) is 0 Å². The van der Waals surface area contributed by atoms with E-state index in [0.29, 0.717) is 5.56 Å². The number of hydrogen-bond acceptors (Lipinski definition) is 2. The van der Waals surface area contributed by atoms with Crippen molar-refractivity contribution >= 4 is 27.2 Å². The fourth-order valence-corrected chi connectivity index (χ4v) is 1.22. The van der Waals surface area contributed by atoms with Gasteiger partial charge < -0.3 is 0 Å². The Morgan fingerprint density at radius 2 is 2.27 bits per heavy atom. The number of rotatable bonds is 1. The van der Waals surface area contributed by atoms with E-state index in [0.717, 1.165) is 4.35 Å². The topological polar surface area (TPSA) is 26.3 Å². The predicted octanol–water partition coefficient (Wildman–Crippen LogP) is 0.267. The van der Waals surface area contributed by atoms with Gasteiger partial charge in [-0.05, 0) is 0 Å². The molecule has 0 heterocycles. The average Bonchev–Trinajstić information content (AvgIpc) is 2.03. The van der Waals surface area contributed by atoms with Crippen LogP contribution >= 0.6 is 0 Å². The molecular formula is C8H7AsO2. The van der Waals surface area contributed by atoms with Crippen molar-refractivity contribution < 1.29 is 9.53 Å². The summed E-state index contributed by atoms with van der Waals surface area (Å²) in [5.74, 6) is -0.294. The van der Waals surface area contributed by atoms with E-state index in [9.17, 15) is 4.79 Å². The van der Waals surface area contributed by atoms with Crippen molar-refractivity contribution in [2.45, 2.75) is 0 Å². The second kappa shape index (κ2) is 3.58. The number of benzene rings is 1. The number of hydrogen-bond donors (Lipinski definition) is 0. The van der Waals surface area contributed by atoms with Gasteiger partial charge in [0.1, 0.15) is 0 Å². The fraction of sp³-hybridized carbons (Fsp3) is 0.125. The first kappa shape index (κ1) is 8.35. The Kier molecular flexibility index (Phi) is 2.72. The van der Waals surface area contributed by atoms with Crippen LogP contribution in [-0.4, -0.2) is 29.9 Å². The van der Waals surface area contributed by atoms with Gasteiger partial charge in [-0.2, -0.15) is 0 Å². The Hall–Kier alpha value is -0.752. The summed E-state index contributed by atoms with van der Waals surface area (Å²) in [4.78, 5) is 10.9. The molecule has 1 aromatic rings. The SMILES string of the molecule is COC(=O)c1cccc([As])c1. The van der Waals surface area contributed by atoms with E-state index >= 15 is 0 Å². The molecule has 56 valence electrons. The Balaban J connectivity index is 2.96. The van der Waals surface area contributed by atoms with Gasteiger partial charge in [0.25, 0.3) is 0 Å². The van der Waals surface area contributed by atoms with Gasteiger partial charge in [-0.1, -0.05) is 0 Å². The quantitative estimate of drug-likeness (QED) is 0.491. The summed E-state index contributed by atoms with van der Waals surface area (Å²) in [6.45, 7) is 0. The van der Waals surface area contributed by atoms with Crippen LogP contribution < -0.4 is 4.35 Å². The zero-order valence-corrected chi connectivity index (χ0v) is 7.95. The van der Waals surface area contributed by atoms with Gasteiger partial charge in [0.15, 0.2) is 0 Å². The van der Waals surface area contributed by atoms with Crippen LogP contribution in [0.25, 0.3) is 0 Å². The van der Waals surface area contributed by atoms with Crippen molar-refractivity contribution in [3.8, 4) is 0 Å². The summed E-state index contributed by atoms with van der Waals surface area (Å²) < 4.78 is 5.55. The van der Waals surface area contributed by atoms with Crippen LogP contribution in [0.3, 0.4) is 0 Å². The van der Waals surface area contributed by atoms with Crippen molar-refractivity contribution in [2.24, 2.45) is 0 Å². The number of methoxy groups -OCH3 is 1. The first-order chi connectivity index (χ1) is 5.24. The third kappa shape index (κ3) is 2.09. The predicted molar refractivity (Wildman–Crippen MR) is 43.2 cm³/mol. The average molecular weight is 210 g/mol. The zero-order valence-electron chi connectivity index (χ0n) is 6.07. The zero-order chi connectivity index (χ0) is 8.27. The van der Waals surface area contributed by atoms with Crippen LogP contribution in [0.5, 0.6) is 0 Å². The molecule has 0 unspecified atom stereocenters. The molecule has 11 heavy (non-hydrogen) atoms. The Morgan fingerprint density at radius 3 is 2.82 bits per heavy atom. The van der Waals surface area contributed by atoms with Crippen LogP contribution in [0.2, 0.25) is 0 Å². The van der Waals surface area contributed by atoms with Gasteiger partial charge in [-0.25, -0.2) is 0 Å². The molecule has 0 aliphatic carbocycles. The summed E-state index contributed by atoms with van der Waals surface area (Å²) >= 11 is 2.38. The first-order valence-corrected chi connectivity index (χ1v) is 4.05. The molecule has 0 spiro atoms. The molecule has 0 atom stereocenters. The van der Waals surface area contributed by atoms with Crippen molar-refractivity contribution in [3.63, 3.8) is 0 Å². The molecule has 0 aliphatic heterocycles. The molecule has 0 N–H and O–H groups in total. The third-order valence-electron chi connectivity index (χ3n) is 1.27. The normalized spacial score (nSPS) is 9.27. The standard InChI is InChI=1S/C8H7AsO2/c1-11-8(10)6-3-2-4-7(9)5-6/h2-5H,1H3. The van der Waals surface area contributed by atoms with Crippen LogP contribution in [0.4, 0.5) is 0 Å². The minimum atomic E-state index is -0.294. The van der Waals surface area contributed by atoms with E-state index in [1.807, 2.05) is 12.1 Å². The van der Waals surface area contributed by atoms with E-state index in [1.54, 1.807) is 12.1 Å². The van der Waals surface area contributed by atoms with Gasteiger partial charge in [0, 0.05) is 0 Å². The molecule has 2 radical (unpaired) electrons. The summed E-state index contributed by atoms with van der Waals surface area (Å²) in [5.41, 5.74) is 0.589. The van der Waals surface area contributed by atoms with Gasteiger partial charge in [-0.15, -0.1) is 0 Å². The van der Waals surface area contributed by atoms with E-state index in [-0.39, 0.29) is 5.97 Å². The van der Waals surface area contributed by atoms with E-state index < -0.39 is 0 Å². The maximum atomic E-state index is 10.9. The maximum absolute atomic E-state index is 10.9. The summed E-state index contributed by atoms with van der Waals surface area (Å²) in [7, 11) is 1.37. The second-order valence-corrected chi connectivity index (χ2v) is 3.13. The summed E-state index contributed by atoms with van der Waals surface area (Å²) in [6, 6.07) is 7.22. The molecule has 0 fully saturated rings. The minimum absolute atomic E-state index is 0.294. The third-order valence-corrected chi connectivity index (χ3v) is 1.85. The summed E-state index contributed by atoms with van der Waals surface area (Å²) in [5, 5.41) is 0. The van der Waals surface area contributed by atoms with Gasteiger partial charge in [0.05, 0.1) is 0 Å². The van der Waals surface area contributed by atoms with Gasteiger partial charge in [0.2, 0.25) is 0 Å². The second-order valence-electron chi connectivity index (χ2n) is 2.04. The molecule has 1 aromatic carbocycles. The number of esters is 1. The van der Waals surface area contributed by atoms with Crippen LogP contribution in [0, 0.1) is 0 Å². The fourth-order valence-electron chi connectivity index (χ4n) is 0.751. The van der Waals surface area contributed by atoms with Gasteiger partial charge >= 0.3 is 73.6 Å². The monoisotopic (exact) mass is 210 g/mol. The first-order valence-electron chi connectivity index (χ1n) is 3.11. The summed E-state index contributed by atoms with van der Waals surface area (Å²) in [6.07, 6.45) is 0.